The van der Waals surface area contributed by atoms with E-state index in [2.05, 4.69) is 9.71 Å². The van der Waals surface area contributed by atoms with Crippen molar-refractivity contribution in [3.63, 3.8) is 0 Å². The fourth-order valence-electron chi connectivity index (χ4n) is 1.60. The molecule has 112 valence electrons. The Labute approximate surface area is 124 Å². The van der Waals surface area contributed by atoms with Gasteiger partial charge >= 0.3 is 0 Å². The Kier molecular flexibility index (Phi) is 6.00. The fraction of sp³-hybridized carbons (Fsp3) is 0.500. The van der Waals surface area contributed by atoms with Crippen LogP contribution in [0.3, 0.4) is 0 Å². The van der Waals surface area contributed by atoms with Crippen LogP contribution >= 0.6 is 12.2 Å². The molecule has 8 heteroatoms. The van der Waals surface area contributed by atoms with Crippen molar-refractivity contribution < 1.29 is 13.2 Å². The van der Waals surface area contributed by atoms with Crippen LogP contribution in [0.1, 0.15) is 19.5 Å². The number of aromatic nitrogens is 1. The first-order chi connectivity index (χ1) is 9.29. The first-order valence-electron chi connectivity index (χ1n) is 6.05. The van der Waals surface area contributed by atoms with E-state index in [0.717, 1.165) is 0 Å². The molecular weight excluding hydrogens is 298 g/mol. The third-order valence-electron chi connectivity index (χ3n) is 2.75. The zero-order chi connectivity index (χ0) is 15.3. The molecule has 0 radical (unpaired) electrons. The highest BCUT2D eigenvalue weighted by molar-refractivity contribution is 7.89. The van der Waals surface area contributed by atoms with Crippen molar-refractivity contribution >= 4 is 27.2 Å². The fourth-order valence-corrected chi connectivity index (χ4v) is 3.37. The second-order valence-electron chi connectivity index (χ2n) is 4.64. The molecule has 0 aromatic carbocycles. The van der Waals surface area contributed by atoms with E-state index in [-0.39, 0.29) is 34.1 Å². The van der Waals surface area contributed by atoms with Crippen LogP contribution in [0.5, 0.6) is 0 Å². The average molecular weight is 317 g/mol. The van der Waals surface area contributed by atoms with Gasteiger partial charge < -0.3 is 10.5 Å². The number of thiocarbonyl (C=S) groups is 1. The third-order valence-corrected chi connectivity index (χ3v) is 4.47. The number of hydrogen-bond acceptors (Lipinski definition) is 5. The van der Waals surface area contributed by atoms with Gasteiger partial charge in [-0.2, -0.15) is 0 Å². The Hall–Kier alpha value is -1.09. The highest BCUT2D eigenvalue weighted by Gasteiger charge is 2.25. The van der Waals surface area contributed by atoms with E-state index in [1.54, 1.807) is 0 Å². The summed E-state index contributed by atoms with van der Waals surface area (Å²) in [5.74, 6) is 0.0784. The minimum atomic E-state index is -3.76. The standard InChI is InChI=1S/C12H19N3O3S2/c1-8(2)9(7-18-3)15-20(16,17)10-5-4-6-14-11(10)12(13)19/h4-6,8-9,15H,7H2,1-3H3,(H2,13,19). The Morgan fingerprint density at radius 2 is 2.20 bits per heavy atom. The van der Waals surface area contributed by atoms with Crippen LogP contribution in [0.25, 0.3) is 0 Å². The molecule has 1 heterocycles. The van der Waals surface area contributed by atoms with Crippen LogP contribution in [0.2, 0.25) is 0 Å². The smallest absolute Gasteiger partial charge is 0.243 e. The second-order valence-corrected chi connectivity index (χ2v) is 6.76. The molecule has 0 bridgehead atoms. The van der Waals surface area contributed by atoms with Crippen molar-refractivity contribution in [1.82, 2.24) is 9.71 Å². The minimum absolute atomic E-state index is 0.0192. The molecule has 20 heavy (non-hydrogen) atoms. The first kappa shape index (κ1) is 17.0. The molecule has 1 aromatic rings. The largest absolute Gasteiger partial charge is 0.388 e. The second kappa shape index (κ2) is 7.07. The molecule has 3 N–H and O–H groups in total. The van der Waals surface area contributed by atoms with Crippen LogP contribution in [0.15, 0.2) is 23.2 Å². The monoisotopic (exact) mass is 317 g/mol. The first-order valence-corrected chi connectivity index (χ1v) is 7.94. The number of rotatable bonds is 7. The number of methoxy groups -OCH3 is 1. The summed E-state index contributed by atoms with van der Waals surface area (Å²) in [4.78, 5) is 3.85. The highest BCUT2D eigenvalue weighted by Crippen LogP contribution is 2.15. The van der Waals surface area contributed by atoms with Crippen molar-refractivity contribution in [3.8, 4) is 0 Å². The van der Waals surface area contributed by atoms with E-state index < -0.39 is 10.0 Å². The van der Waals surface area contributed by atoms with E-state index in [0.29, 0.717) is 0 Å². The molecule has 1 aromatic heterocycles. The lowest BCUT2D eigenvalue weighted by Gasteiger charge is -2.21. The Balaban J connectivity index is 3.14. The average Bonchev–Trinajstić information content (AvgIpc) is 2.38. The summed E-state index contributed by atoms with van der Waals surface area (Å²) in [6.07, 6.45) is 1.45. The molecule has 1 unspecified atom stereocenters. The lowest BCUT2D eigenvalue weighted by atomic mass is 10.1. The van der Waals surface area contributed by atoms with E-state index in [1.165, 1.54) is 25.4 Å². The maximum absolute atomic E-state index is 12.4. The van der Waals surface area contributed by atoms with Gasteiger partial charge in [0.05, 0.1) is 6.61 Å². The molecule has 1 atom stereocenters. The van der Waals surface area contributed by atoms with Gasteiger partial charge in [-0.25, -0.2) is 13.1 Å². The summed E-state index contributed by atoms with van der Waals surface area (Å²) in [6, 6.07) is 2.61. The molecule has 0 amide bonds. The quantitative estimate of drug-likeness (QED) is 0.718. The number of pyridine rings is 1. The molecular formula is C12H19N3O3S2. The van der Waals surface area contributed by atoms with Crippen LogP contribution in [0.4, 0.5) is 0 Å². The van der Waals surface area contributed by atoms with Crippen molar-refractivity contribution in [3.05, 3.63) is 24.0 Å². The summed E-state index contributed by atoms with van der Waals surface area (Å²) >= 11 is 4.83. The molecule has 0 aliphatic rings. The van der Waals surface area contributed by atoms with Gasteiger partial charge in [-0.1, -0.05) is 26.1 Å². The molecule has 0 spiro atoms. The third kappa shape index (κ3) is 4.20. The van der Waals surface area contributed by atoms with Gasteiger partial charge in [0, 0.05) is 19.3 Å². The van der Waals surface area contributed by atoms with Crippen molar-refractivity contribution in [1.29, 1.82) is 0 Å². The minimum Gasteiger partial charge on any atom is -0.388 e. The number of nitrogens with two attached hydrogens (primary N) is 1. The number of nitrogens with one attached hydrogen (secondary N) is 1. The molecule has 0 saturated heterocycles. The van der Waals surface area contributed by atoms with E-state index in [4.69, 9.17) is 22.7 Å². The normalized spacial score (nSPS) is 13.4. The van der Waals surface area contributed by atoms with Gasteiger partial charge in [-0.3, -0.25) is 4.98 Å². The highest BCUT2D eigenvalue weighted by atomic mass is 32.2. The summed E-state index contributed by atoms with van der Waals surface area (Å²) in [5.41, 5.74) is 5.61. The van der Waals surface area contributed by atoms with Crippen molar-refractivity contribution in [2.75, 3.05) is 13.7 Å². The van der Waals surface area contributed by atoms with Gasteiger partial charge in [0.2, 0.25) is 10.0 Å². The van der Waals surface area contributed by atoms with Gasteiger partial charge in [-0.15, -0.1) is 0 Å². The lowest BCUT2D eigenvalue weighted by molar-refractivity contribution is 0.157. The van der Waals surface area contributed by atoms with Crippen LogP contribution in [-0.4, -0.2) is 38.1 Å². The van der Waals surface area contributed by atoms with Gasteiger partial charge in [0.15, 0.2) is 0 Å². The van der Waals surface area contributed by atoms with E-state index >= 15 is 0 Å². The predicted octanol–water partition coefficient (Wildman–Crippen LogP) is 0.665. The van der Waals surface area contributed by atoms with Crippen LogP contribution in [0, 0.1) is 5.92 Å². The van der Waals surface area contributed by atoms with Gasteiger partial charge in [-0.05, 0) is 18.1 Å². The Bertz CT molecular complexity index is 573. The molecule has 0 saturated carbocycles. The SMILES string of the molecule is COCC(NS(=O)(=O)c1cccnc1C(N)=S)C(C)C. The molecule has 0 aliphatic heterocycles. The van der Waals surface area contributed by atoms with Gasteiger partial charge in [0.25, 0.3) is 0 Å². The maximum Gasteiger partial charge on any atom is 0.243 e. The molecule has 0 aliphatic carbocycles. The zero-order valence-electron chi connectivity index (χ0n) is 11.7. The van der Waals surface area contributed by atoms with E-state index in [9.17, 15) is 8.42 Å². The summed E-state index contributed by atoms with van der Waals surface area (Å²) in [6.45, 7) is 4.09. The van der Waals surface area contributed by atoms with Gasteiger partial charge in [0.1, 0.15) is 15.6 Å². The maximum atomic E-state index is 12.4. The van der Waals surface area contributed by atoms with Crippen molar-refractivity contribution in [2.45, 2.75) is 24.8 Å². The molecule has 6 nitrogen and oxygen atoms in total. The summed E-state index contributed by atoms with van der Waals surface area (Å²) in [7, 11) is -2.24. The predicted molar refractivity (Wildman–Crippen MR) is 80.9 cm³/mol. The number of nitrogens with zero attached hydrogens (tertiary/aromatic N) is 1. The van der Waals surface area contributed by atoms with E-state index in [1.807, 2.05) is 13.8 Å². The summed E-state index contributed by atoms with van der Waals surface area (Å²) < 4.78 is 32.5. The van der Waals surface area contributed by atoms with Crippen LogP contribution in [-0.2, 0) is 14.8 Å². The Morgan fingerprint density at radius 1 is 1.55 bits per heavy atom. The Morgan fingerprint density at radius 3 is 2.70 bits per heavy atom. The number of sulfonamides is 1. The van der Waals surface area contributed by atoms with Crippen molar-refractivity contribution in [2.24, 2.45) is 11.7 Å². The lowest BCUT2D eigenvalue weighted by Crippen LogP contribution is -2.42. The number of hydrogen-bond donors (Lipinski definition) is 2. The molecule has 0 fully saturated rings. The molecule has 1 rings (SSSR count). The number of ether oxygens (including phenoxy) is 1. The van der Waals surface area contributed by atoms with Crippen LogP contribution < -0.4 is 10.5 Å². The zero-order valence-corrected chi connectivity index (χ0v) is 13.3. The topological polar surface area (TPSA) is 94.3 Å². The summed E-state index contributed by atoms with van der Waals surface area (Å²) in [5, 5.41) is 0.